The van der Waals surface area contributed by atoms with E-state index in [1.54, 1.807) is 24.3 Å². The summed E-state index contributed by atoms with van der Waals surface area (Å²) in [6.45, 7) is 0.927. The van der Waals surface area contributed by atoms with Gasteiger partial charge in [-0.05, 0) is 41.6 Å². The summed E-state index contributed by atoms with van der Waals surface area (Å²) in [7, 11) is -3.58. The second-order valence-corrected chi connectivity index (χ2v) is 6.60. The summed E-state index contributed by atoms with van der Waals surface area (Å²) in [5.74, 6) is -1.31. The standard InChI is InChI=1S/C10H12INO4S/c1-2-17(15,16)12(7-10(13)14)9-6-4-3-5-8(9)11/h3-6H,2,7H2,1H3,(H,13,14). The molecule has 0 radical (unpaired) electrons. The molecule has 0 saturated carbocycles. The van der Waals surface area contributed by atoms with Crippen LogP contribution in [0.15, 0.2) is 24.3 Å². The Bertz CT molecular complexity index is 515. The van der Waals surface area contributed by atoms with Crippen LogP contribution in [0.1, 0.15) is 6.92 Å². The number of carboxylic acids is 1. The van der Waals surface area contributed by atoms with Gasteiger partial charge in [0.1, 0.15) is 6.54 Å². The molecular weight excluding hydrogens is 357 g/mol. The number of carboxylic acid groups (broad SMARTS) is 1. The highest BCUT2D eigenvalue weighted by Gasteiger charge is 2.24. The van der Waals surface area contributed by atoms with Gasteiger partial charge in [0.15, 0.2) is 0 Å². The molecule has 0 bridgehead atoms. The fourth-order valence-electron chi connectivity index (χ4n) is 1.27. The maximum Gasteiger partial charge on any atom is 0.324 e. The van der Waals surface area contributed by atoms with E-state index in [0.717, 1.165) is 4.31 Å². The number of rotatable bonds is 5. The van der Waals surface area contributed by atoms with E-state index in [4.69, 9.17) is 5.11 Å². The SMILES string of the molecule is CCS(=O)(=O)N(CC(=O)O)c1ccccc1I. The number of carbonyl (C=O) groups is 1. The number of benzene rings is 1. The quantitative estimate of drug-likeness (QED) is 0.799. The van der Waals surface area contributed by atoms with Gasteiger partial charge in [-0.1, -0.05) is 12.1 Å². The van der Waals surface area contributed by atoms with Gasteiger partial charge in [0, 0.05) is 3.57 Å². The lowest BCUT2D eigenvalue weighted by molar-refractivity contribution is -0.135. The van der Waals surface area contributed by atoms with E-state index in [9.17, 15) is 13.2 Å². The lowest BCUT2D eigenvalue weighted by atomic mass is 10.3. The van der Waals surface area contributed by atoms with Gasteiger partial charge in [0.25, 0.3) is 0 Å². The van der Waals surface area contributed by atoms with Crippen molar-refractivity contribution < 1.29 is 18.3 Å². The van der Waals surface area contributed by atoms with Crippen molar-refractivity contribution in [2.45, 2.75) is 6.92 Å². The maximum absolute atomic E-state index is 11.8. The first-order chi connectivity index (χ1) is 7.88. The third-order valence-corrected chi connectivity index (χ3v) is 4.74. The zero-order chi connectivity index (χ0) is 13.1. The van der Waals surface area contributed by atoms with Crippen LogP contribution in [0.3, 0.4) is 0 Å². The summed E-state index contributed by atoms with van der Waals surface area (Å²) < 4.78 is 25.3. The average Bonchev–Trinajstić information content (AvgIpc) is 2.26. The molecule has 1 rings (SSSR count). The first-order valence-corrected chi connectivity index (χ1v) is 7.54. The molecule has 0 atom stereocenters. The predicted octanol–water partition coefficient (Wildman–Crippen LogP) is 1.53. The van der Waals surface area contributed by atoms with E-state index < -0.39 is 22.5 Å². The molecule has 1 aromatic rings. The van der Waals surface area contributed by atoms with Crippen LogP contribution in [-0.4, -0.2) is 31.8 Å². The number of sulfonamides is 1. The molecule has 5 nitrogen and oxygen atoms in total. The van der Waals surface area contributed by atoms with Crippen molar-refractivity contribution in [1.82, 2.24) is 0 Å². The van der Waals surface area contributed by atoms with Gasteiger partial charge >= 0.3 is 5.97 Å². The minimum Gasteiger partial charge on any atom is -0.480 e. The Kier molecular flexibility index (Phi) is 4.75. The second-order valence-electron chi connectivity index (χ2n) is 3.25. The van der Waals surface area contributed by atoms with Crippen molar-refractivity contribution in [3.8, 4) is 0 Å². The fraction of sp³-hybridized carbons (Fsp3) is 0.300. The number of hydrogen-bond donors (Lipinski definition) is 1. The molecule has 0 heterocycles. The number of nitrogens with zero attached hydrogens (tertiary/aromatic N) is 1. The molecule has 0 saturated heterocycles. The average molecular weight is 369 g/mol. The van der Waals surface area contributed by atoms with Crippen LogP contribution in [0, 0.1) is 3.57 Å². The highest BCUT2D eigenvalue weighted by Crippen LogP contribution is 2.24. The van der Waals surface area contributed by atoms with Crippen LogP contribution in [0.25, 0.3) is 0 Å². The highest BCUT2D eigenvalue weighted by molar-refractivity contribution is 14.1. The molecule has 0 aliphatic carbocycles. The van der Waals surface area contributed by atoms with Gasteiger partial charge in [0.2, 0.25) is 10.0 Å². The Balaban J connectivity index is 3.25. The fourth-order valence-corrected chi connectivity index (χ4v) is 3.19. The Morgan fingerprint density at radius 1 is 1.41 bits per heavy atom. The molecule has 0 fully saturated rings. The topological polar surface area (TPSA) is 74.7 Å². The Labute approximate surface area is 114 Å². The van der Waals surface area contributed by atoms with Crippen LogP contribution in [-0.2, 0) is 14.8 Å². The number of hydrogen-bond acceptors (Lipinski definition) is 3. The monoisotopic (exact) mass is 369 g/mol. The van der Waals surface area contributed by atoms with E-state index in [0.29, 0.717) is 9.26 Å². The minimum absolute atomic E-state index is 0.134. The number of para-hydroxylation sites is 1. The first-order valence-electron chi connectivity index (χ1n) is 4.85. The molecule has 0 aromatic heterocycles. The minimum atomic E-state index is -3.58. The van der Waals surface area contributed by atoms with Crippen molar-refractivity contribution in [2.75, 3.05) is 16.6 Å². The summed E-state index contributed by atoms with van der Waals surface area (Å²) in [5.41, 5.74) is 0.400. The van der Waals surface area contributed by atoms with Gasteiger partial charge in [-0.25, -0.2) is 8.42 Å². The smallest absolute Gasteiger partial charge is 0.324 e. The molecule has 1 aromatic carbocycles. The van der Waals surface area contributed by atoms with Crippen LogP contribution >= 0.6 is 22.6 Å². The normalized spacial score (nSPS) is 11.2. The summed E-state index contributed by atoms with van der Waals surface area (Å²) in [6.07, 6.45) is 0. The van der Waals surface area contributed by atoms with Gasteiger partial charge in [-0.15, -0.1) is 0 Å². The molecule has 1 N–H and O–H groups in total. The van der Waals surface area contributed by atoms with Crippen LogP contribution in [0.4, 0.5) is 5.69 Å². The van der Waals surface area contributed by atoms with Gasteiger partial charge in [-0.2, -0.15) is 0 Å². The molecule has 94 valence electrons. The van der Waals surface area contributed by atoms with Crippen molar-refractivity contribution >= 4 is 44.3 Å². The van der Waals surface area contributed by atoms with Gasteiger partial charge < -0.3 is 5.11 Å². The summed E-state index contributed by atoms with van der Waals surface area (Å²) >= 11 is 1.98. The highest BCUT2D eigenvalue weighted by atomic mass is 127. The number of aliphatic carboxylic acids is 1. The zero-order valence-corrected chi connectivity index (χ0v) is 12.1. The summed E-state index contributed by atoms with van der Waals surface area (Å²) in [4.78, 5) is 10.7. The predicted molar refractivity (Wildman–Crippen MR) is 73.6 cm³/mol. The van der Waals surface area contributed by atoms with E-state index in [1.807, 2.05) is 22.6 Å². The zero-order valence-electron chi connectivity index (χ0n) is 9.13. The molecule has 0 spiro atoms. The lowest BCUT2D eigenvalue weighted by Gasteiger charge is -2.22. The van der Waals surface area contributed by atoms with E-state index in [1.165, 1.54) is 6.92 Å². The van der Waals surface area contributed by atoms with Crippen molar-refractivity contribution in [3.05, 3.63) is 27.8 Å². The third-order valence-electron chi connectivity index (χ3n) is 2.10. The molecule has 0 amide bonds. The molecular formula is C10H12INO4S. The molecule has 0 aliphatic heterocycles. The van der Waals surface area contributed by atoms with Crippen LogP contribution < -0.4 is 4.31 Å². The molecule has 0 unspecified atom stereocenters. The van der Waals surface area contributed by atoms with E-state index in [-0.39, 0.29) is 5.75 Å². The molecule has 17 heavy (non-hydrogen) atoms. The third kappa shape index (κ3) is 3.56. The Morgan fingerprint density at radius 2 is 2.00 bits per heavy atom. The van der Waals surface area contributed by atoms with Gasteiger partial charge in [-0.3, -0.25) is 9.10 Å². The second kappa shape index (κ2) is 5.67. The van der Waals surface area contributed by atoms with Crippen molar-refractivity contribution in [3.63, 3.8) is 0 Å². The Morgan fingerprint density at radius 3 is 2.47 bits per heavy atom. The molecule has 0 aliphatic rings. The number of halogens is 1. The van der Waals surface area contributed by atoms with Crippen LogP contribution in [0.2, 0.25) is 0 Å². The van der Waals surface area contributed by atoms with Crippen molar-refractivity contribution in [2.24, 2.45) is 0 Å². The van der Waals surface area contributed by atoms with E-state index in [2.05, 4.69) is 0 Å². The number of anilines is 1. The Hall–Kier alpha value is -0.830. The van der Waals surface area contributed by atoms with Crippen LogP contribution in [0.5, 0.6) is 0 Å². The van der Waals surface area contributed by atoms with Gasteiger partial charge in [0.05, 0.1) is 11.4 Å². The largest absolute Gasteiger partial charge is 0.480 e. The maximum atomic E-state index is 11.8. The summed E-state index contributed by atoms with van der Waals surface area (Å²) in [6, 6.07) is 6.77. The summed E-state index contributed by atoms with van der Waals surface area (Å²) in [5, 5.41) is 8.79. The van der Waals surface area contributed by atoms with E-state index >= 15 is 0 Å². The first kappa shape index (κ1) is 14.2. The lowest BCUT2D eigenvalue weighted by Crippen LogP contribution is -2.37. The molecule has 7 heteroatoms. The van der Waals surface area contributed by atoms with Crippen molar-refractivity contribution in [1.29, 1.82) is 0 Å².